The van der Waals surface area contributed by atoms with Crippen LogP contribution in [-0.4, -0.2) is 35.0 Å². The summed E-state index contributed by atoms with van der Waals surface area (Å²) >= 11 is 0. The highest BCUT2D eigenvalue weighted by atomic mass is 16.5. The third-order valence-electron chi connectivity index (χ3n) is 3.75. The molecule has 0 N–H and O–H groups in total. The van der Waals surface area contributed by atoms with Crippen LogP contribution < -0.4 is 9.47 Å². The predicted molar refractivity (Wildman–Crippen MR) is 79.3 cm³/mol. The number of carbonyl (C=O) groups excluding carboxylic acids is 1. The van der Waals surface area contributed by atoms with E-state index >= 15 is 0 Å². The molecule has 1 aliphatic rings. The van der Waals surface area contributed by atoms with Gasteiger partial charge in [0.2, 0.25) is 11.7 Å². The van der Waals surface area contributed by atoms with Crippen LogP contribution in [0.5, 0.6) is 11.6 Å². The Labute approximate surface area is 125 Å². The molecule has 3 heterocycles. The van der Waals surface area contributed by atoms with E-state index in [1.54, 1.807) is 31.6 Å². The number of methoxy groups -OCH3 is 2. The molecule has 0 atom stereocenters. The van der Waals surface area contributed by atoms with Crippen molar-refractivity contribution in [1.29, 1.82) is 0 Å². The number of nitrogens with zero attached hydrogens (tertiary/aromatic N) is 3. The van der Waals surface area contributed by atoms with Gasteiger partial charge in [-0.05, 0) is 12.1 Å². The Bertz CT molecular complexity index is 937. The molecule has 0 bridgehead atoms. The summed E-state index contributed by atoms with van der Waals surface area (Å²) < 4.78 is 10.4. The molecule has 0 spiro atoms. The van der Waals surface area contributed by atoms with Gasteiger partial charge in [0.15, 0.2) is 0 Å². The molecule has 0 fully saturated rings. The molecule has 0 aromatic carbocycles. The Kier molecular flexibility index (Phi) is 2.59. The van der Waals surface area contributed by atoms with Gasteiger partial charge in [-0.15, -0.1) is 0 Å². The molecule has 108 valence electrons. The molecule has 0 saturated heterocycles. The third-order valence-corrected chi connectivity index (χ3v) is 3.75. The molecule has 0 saturated carbocycles. The van der Waals surface area contributed by atoms with Gasteiger partial charge in [-0.1, -0.05) is 0 Å². The van der Waals surface area contributed by atoms with E-state index in [0.717, 1.165) is 5.39 Å². The minimum Gasteiger partial charge on any atom is -0.494 e. The maximum Gasteiger partial charge on any atom is 0.231 e. The highest BCUT2D eigenvalue weighted by molar-refractivity contribution is 6.23. The van der Waals surface area contributed by atoms with Gasteiger partial charge in [0.05, 0.1) is 26.1 Å². The van der Waals surface area contributed by atoms with Crippen LogP contribution in [-0.2, 0) is 0 Å². The maximum atomic E-state index is 12.7. The molecule has 3 aromatic heterocycles. The van der Waals surface area contributed by atoms with Crippen molar-refractivity contribution >= 4 is 16.6 Å². The molecule has 0 amide bonds. The molecule has 3 aromatic rings. The van der Waals surface area contributed by atoms with Crippen LogP contribution in [0.1, 0.15) is 16.2 Å². The van der Waals surface area contributed by atoms with E-state index in [1.165, 1.54) is 7.11 Å². The molecule has 1 aliphatic carbocycles. The first-order chi connectivity index (χ1) is 10.7. The lowest BCUT2D eigenvalue weighted by molar-refractivity contribution is 0.103. The number of aromatic nitrogens is 3. The summed E-state index contributed by atoms with van der Waals surface area (Å²) in [7, 11) is 3.09. The summed E-state index contributed by atoms with van der Waals surface area (Å²) in [5.74, 6) is 0.762. The van der Waals surface area contributed by atoms with Crippen molar-refractivity contribution < 1.29 is 14.3 Å². The van der Waals surface area contributed by atoms with Crippen molar-refractivity contribution in [3.8, 4) is 22.9 Å². The summed E-state index contributed by atoms with van der Waals surface area (Å²) in [5.41, 5.74) is 2.01. The van der Waals surface area contributed by atoms with Crippen molar-refractivity contribution in [1.82, 2.24) is 15.0 Å². The zero-order chi connectivity index (χ0) is 15.3. The predicted octanol–water partition coefficient (Wildman–Crippen LogP) is 2.25. The summed E-state index contributed by atoms with van der Waals surface area (Å²) in [6.45, 7) is 0. The topological polar surface area (TPSA) is 74.2 Å². The molecule has 22 heavy (non-hydrogen) atoms. The highest BCUT2D eigenvalue weighted by Crippen LogP contribution is 2.39. The van der Waals surface area contributed by atoms with E-state index in [0.29, 0.717) is 39.7 Å². The fourth-order valence-corrected chi connectivity index (χ4v) is 2.73. The van der Waals surface area contributed by atoms with Crippen molar-refractivity contribution in [3.05, 3.63) is 42.0 Å². The van der Waals surface area contributed by atoms with E-state index in [4.69, 9.17) is 9.47 Å². The van der Waals surface area contributed by atoms with Gasteiger partial charge in [0.25, 0.3) is 0 Å². The number of hydrogen-bond donors (Lipinski definition) is 0. The first-order valence-corrected chi connectivity index (χ1v) is 6.66. The number of hydrogen-bond acceptors (Lipinski definition) is 6. The number of ether oxygens (including phenoxy) is 2. The average molecular weight is 293 g/mol. The molecule has 6 nitrogen and oxygen atoms in total. The van der Waals surface area contributed by atoms with Crippen LogP contribution >= 0.6 is 0 Å². The molecular weight excluding hydrogens is 282 g/mol. The first-order valence-electron chi connectivity index (χ1n) is 6.66. The second kappa shape index (κ2) is 4.49. The smallest absolute Gasteiger partial charge is 0.231 e. The number of fused-ring (bicyclic) bond motifs is 2. The summed E-state index contributed by atoms with van der Waals surface area (Å²) in [6.07, 6.45) is 3.23. The molecule has 4 rings (SSSR count). The molecule has 0 radical (unpaired) electrons. The van der Waals surface area contributed by atoms with E-state index in [9.17, 15) is 4.79 Å². The lowest BCUT2D eigenvalue weighted by Gasteiger charge is -2.18. The van der Waals surface area contributed by atoms with Gasteiger partial charge < -0.3 is 9.47 Å². The Hall–Kier alpha value is -3.02. The van der Waals surface area contributed by atoms with Crippen molar-refractivity contribution in [2.45, 2.75) is 0 Å². The van der Waals surface area contributed by atoms with Crippen LogP contribution in [0.15, 0.2) is 30.6 Å². The lowest BCUT2D eigenvalue weighted by Crippen LogP contribution is -2.15. The average Bonchev–Trinajstić information content (AvgIpc) is 2.58. The van der Waals surface area contributed by atoms with Gasteiger partial charge in [0.1, 0.15) is 17.1 Å². The zero-order valence-electron chi connectivity index (χ0n) is 12.0. The van der Waals surface area contributed by atoms with Gasteiger partial charge in [0, 0.05) is 28.6 Å². The van der Waals surface area contributed by atoms with Crippen molar-refractivity contribution in [2.24, 2.45) is 0 Å². The fourth-order valence-electron chi connectivity index (χ4n) is 2.73. The van der Waals surface area contributed by atoms with E-state index < -0.39 is 0 Å². The van der Waals surface area contributed by atoms with Crippen LogP contribution in [0.25, 0.3) is 22.0 Å². The number of carbonyl (C=O) groups is 1. The van der Waals surface area contributed by atoms with Crippen LogP contribution in [0.2, 0.25) is 0 Å². The minimum absolute atomic E-state index is 0.234. The SMILES string of the molecule is COc1ccc2c(n1)C(=O)c1ncc(OC)c3ccnc-2c13. The largest absolute Gasteiger partial charge is 0.494 e. The standard InChI is InChI=1S/C16H11N3O3/c1-21-10-7-18-15-12-8(10)5-6-17-13(12)9-3-4-11(22-2)19-14(9)16(15)20/h3-7H,1-2H3. The Morgan fingerprint density at radius 3 is 2.59 bits per heavy atom. The molecule has 6 heteroatoms. The second-order valence-corrected chi connectivity index (χ2v) is 4.84. The Morgan fingerprint density at radius 2 is 1.82 bits per heavy atom. The van der Waals surface area contributed by atoms with Gasteiger partial charge in [-0.3, -0.25) is 9.78 Å². The van der Waals surface area contributed by atoms with Gasteiger partial charge >= 0.3 is 0 Å². The van der Waals surface area contributed by atoms with Crippen LogP contribution in [0.4, 0.5) is 0 Å². The highest BCUT2D eigenvalue weighted by Gasteiger charge is 2.30. The normalized spacial score (nSPS) is 12.2. The Morgan fingerprint density at radius 1 is 0.955 bits per heavy atom. The number of rotatable bonds is 2. The molecule has 0 unspecified atom stereocenters. The molecule has 0 aliphatic heterocycles. The van der Waals surface area contributed by atoms with Crippen LogP contribution in [0.3, 0.4) is 0 Å². The van der Waals surface area contributed by atoms with E-state index in [2.05, 4.69) is 15.0 Å². The second-order valence-electron chi connectivity index (χ2n) is 4.84. The zero-order valence-corrected chi connectivity index (χ0v) is 12.0. The molecular formula is C16H11N3O3. The van der Waals surface area contributed by atoms with Crippen molar-refractivity contribution in [2.75, 3.05) is 14.2 Å². The van der Waals surface area contributed by atoms with Gasteiger partial charge in [-0.25, -0.2) is 9.97 Å². The van der Waals surface area contributed by atoms with Gasteiger partial charge in [-0.2, -0.15) is 0 Å². The lowest BCUT2D eigenvalue weighted by atomic mass is 9.92. The number of ketones is 1. The van der Waals surface area contributed by atoms with E-state index in [-0.39, 0.29) is 5.78 Å². The monoisotopic (exact) mass is 293 g/mol. The maximum absolute atomic E-state index is 12.7. The third kappa shape index (κ3) is 1.54. The summed E-state index contributed by atoms with van der Waals surface area (Å²) in [6, 6.07) is 5.33. The first kappa shape index (κ1) is 12.7. The van der Waals surface area contributed by atoms with Crippen LogP contribution in [0, 0.1) is 0 Å². The quantitative estimate of drug-likeness (QED) is 0.564. The fraction of sp³-hybridized carbons (Fsp3) is 0.125. The van der Waals surface area contributed by atoms with E-state index in [1.807, 2.05) is 6.07 Å². The summed E-state index contributed by atoms with van der Waals surface area (Å²) in [5, 5.41) is 1.51. The minimum atomic E-state index is -0.234. The summed E-state index contributed by atoms with van der Waals surface area (Å²) in [4.78, 5) is 25.6. The Balaban J connectivity index is 2.14. The number of pyridine rings is 3. The van der Waals surface area contributed by atoms with Crippen molar-refractivity contribution in [3.63, 3.8) is 0 Å².